The zero-order valence-electron chi connectivity index (χ0n) is 11.2. The van der Waals surface area contributed by atoms with Crippen molar-refractivity contribution in [1.82, 2.24) is 15.2 Å². The third-order valence-corrected chi connectivity index (χ3v) is 3.48. The quantitative estimate of drug-likeness (QED) is 0.899. The van der Waals surface area contributed by atoms with E-state index >= 15 is 0 Å². The van der Waals surface area contributed by atoms with Gasteiger partial charge in [-0.05, 0) is 24.5 Å². The first-order valence-corrected chi connectivity index (χ1v) is 6.59. The van der Waals surface area contributed by atoms with Gasteiger partial charge >= 0.3 is 12.3 Å². The number of aromatic nitrogens is 1. The summed E-state index contributed by atoms with van der Waals surface area (Å²) in [5.74, 6) is 0. The molecule has 2 rings (SSSR count). The van der Waals surface area contributed by atoms with E-state index in [1.54, 1.807) is 0 Å². The standard InChI is InChI=1S/C13H16F3N3O2/c14-13(15,16)11-2-1-9(8-18-11)7-17-10-3-5-19(6-4-10)12(20)21/h1-2,8,10,17H,3-7H2,(H,20,21). The lowest BCUT2D eigenvalue weighted by Gasteiger charge is -2.30. The zero-order valence-corrected chi connectivity index (χ0v) is 11.2. The summed E-state index contributed by atoms with van der Waals surface area (Å²) in [6.07, 6.45) is -2.74. The van der Waals surface area contributed by atoms with E-state index in [9.17, 15) is 18.0 Å². The summed E-state index contributed by atoms with van der Waals surface area (Å²) in [7, 11) is 0. The normalized spacial score (nSPS) is 17.0. The van der Waals surface area contributed by atoms with E-state index in [1.165, 1.54) is 17.2 Å². The summed E-state index contributed by atoms with van der Waals surface area (Å²) >= 11 is 0. The van der Waals surface area contributed by atoms with Crippen molar-refractivity contribution in [3.8, 4) is 0 Å². The van der Waals surface area contributed by atoms with Crippen LogP contribution in [0.1, 0.15) is 24.1 Å². The first-order valence-electron chi connectivity index (χ1n) is 6.59. The fourth-order valence-corrected chi connectivity index (χ4v) is 2.23. The molecule has 21 heavy (non-hydrogen) atoms. The van der Waals surface area contributed by atoms with Gasteiger partial charge in [0, 0.05) is 31.9 Å². The lowest BCUT2D eigenvalue weighted by Crippen LogP contribution is -2.44. The fourth-order valence-electron chi connectivity index (χ4n) is 2.23. The summed E-state index contributed by atoms with van der Waals surface area (Å²) in [4.78, 5) is 15.5. The van der Waals surface area contributed by atoms with E-state index in [0.29, 0.717) is 38.0 Å². The number of alkyl halides is 3. The van der Waals surface area contributed by atoms with E-state index in [2.05, 4.69) is 10.3 Å². The number of amides is 1. The zero-order chi connectivity index (χ0) is 15.5. The Morgan fingerprint density at radius 3 is 2.52 bits per heavy atom. The maximum atomic E-state index is 12.4. The Balaban J connectivity index is 1.80. The van der Waals surface area contributed by atoms with Gasteiger partial charge in [0.15, 0.2) is 0 Å². The molecular weight excluding hydrogens is 287 g/mol. The molecule has 1 fully saturated rings. The minimum atomic E-state index is -4.42. The second-order valence-electron chi connectivity index (χ2n) is 4.97. The molecule has 1 aliphatic rings. The van der Waals surface area contributed by atoms with Gasteiger partial charge in [-0.15, -0.1) is 0 Å². The molecule has 2 N–H and O–H groups in total. The molecule has 1 aliphatic heterocycles. The average molecular weight is 303 g/mol. The van der Waals surface area contributed by atoms with Gasteiger partial charge in [0.2, 0.25) is 0 Å². The van der Waals surface area contributed by atoms with Crippen LogP contribution >= 0.6 is 0 Å². The Hall–Kier alpha value is -1.83. The van der Waals surface area contributed by atoms with Crippen LogP contribution < -0.4 is 5.32 Å². The van der Waals surface area contributed by atoms with Gasteiger partial charge in [0.1, 0.15) is 5.69 Å². The number of pyridine rings is 1. The third-order valence-electron chi connectivity index (χ3n) is 3.48. The Bertz CT molecular complexity index is 482. The van der Waals surface area contributed by atoms with Gasteiger partial charge in [0.25, 0.3) is 0 Å². The highest BCUT2D eigenvalue weighted by Gasteiger charge is 2.32. The third kappa shape index (κ3) is 4.32. The summed E-state index contributed by atoms with van der Waals surface area (Å²) in [6, 6.07) is 2.53. The fraction of sp³-hybridized carbons (Fsp3) is 0.538. The molecule has 1 aromatic heterocycles. The molecule has 0 aliphatic carbocycles. The van der Waals surface area contributed by atoms with E-state index in [1.807, 2.05) is 0 Å². The van der Waals surface area contributed by atoms with Crippen molar-refractivity contribution in [2.45, 2.75) is 31.6 Å². The van der Waals surface area contributed by atoms with Crippen molar-refractivity contribution in [2.24, 2.45) is 0 Å². The van der Waals surface area contributed by atoms with Crippen molar-refractivity contribution in [3.63, 3.8) is 0 Å². The molecule has 1 amide bonds. The Morgan fingerprint density at radius 1 is 1.38 bits per heavy atom. The molecule has 2 heterocycles. The van der Waals surface area contributed by atoms with Gasteiger partial charge in [0.05, 0.1) is 0 Å². The smallest absolute Gasteiger partial charge is 0.433 e. The van der Waals surface area contributed by atoms with Gasteiger partial charge in [-0.25, -0.2) is 4.79 Å². The number of carboxylic acid groups (broad SMARTS) is 1. The molecule has 5 nitrogen and oxygen atoms in total. The van der Waals surface area contributed by atoms with Crippen molar-refractivity contribution in [1.29, 1.82) is 0 Å². The van der Waals surface area contributed by atoms with Crippen LogP contribution in [0, 0.1) is 0 Å². The number of halogens is 3. The number of carbonyl (C=O) groups is 1. The van der Waals surface area contributed by atoms with Crippen molar-refractivity contribution in [2.75, 3.05) is 13.1 Å². The molecule has 0 radical (unpaired) electrons. The Labute approximate surface area is 119 Å². The van der Waals surface area contributed by atoms with Crippen LogP contribution in [0.3, 0.4) is 0 Å². The highest BCUT2D eigenvalue weighted by atomic mass is 19.4. The Kier molecular flexibility index (Phi) is 4.66. The molecular formula is C13H16F3N3O2. The molecule has 0 bridgehead atoms. The van der Waals surface area contributed by atoms with Crippen LogP contribution in [0.4, 0.5) is 18.0 Å². The molecule has 1 saturated heterocycles. The van der Waals surface area contributed by atoms with Crippen LogP contribution in [0.25, 0.3) is 0 Å². The summed E-state index contributed by atoms with van der Waals surface area (Å²) < 4.78 is 37.1. The van der Waals surface area contributed by atoms with E-state index in [4.69, 9.17) is 5.11 Å². The maximum absolute atomic E-state index is 12.4. The number of hydrogen-bond donors (Lipinski definition) is 2. The SMILES string of the molecule is O=C(O)N1CCC(NCc2ccc(C(F)(F)F)nc2)CC1. The average Bonchev–Trinajstić information content (AvgIpc) is 2.45. The second-order valence-corrected chi connectivity index (χ2v) is 4.97. The maximum Gasteiger partial charge on any atom is 0.433 e. The van der Waals surface area contributed by atoms with Crippen molar-refractivity contribution < 1.29 is 23.1 Å². The number of nitrogens with zero attached hydrogens (tertiary/aromatic N) is 2. The second kappa shape index (κ2) is 6.30. The number of likely N-dealkylation sites (tertiary alicyclic amines) is 1. The molecule has 0 aromatic carbocycles. The largest absolute Gasteiger partial charge is 0.465 e. The van der Waals surface area contributed by atoms with Crippen molar-refractivity contribution >= 4 is 6.09 Å². The topological polar surface area (TPSA) is 65.5 Å². The van der Waals surface area contributed by atoms with Gasteiger partial charge in [-0.2, -0.15) is 13.2 Å². The Morgan fingerprint density at radius 2 is 2.05 bits per heavy atom. The van der Waals surface area contributed by atoms with Crippen molar-refractivity contribution in [3.05, 3.63) is 29.6 Å². The molecule has 0 unspecified atom stereocenters. The minimum Gasteiger partial charge on any atom is -0.465 e. The highest BCUT2D eigenvalue weighted by Crippen LogP contribution is 2.27. The summed E-state index contributed by atoms with van der Waals surface area (Å²) in [5.41, 5.74) is -0.232. The van der Waals surface area contributed by atoms with Crippen LogP contribution in [-0.4, -0.2) is 40.2 Å². The molecule has 0 saturated carbocycles. The summed E-state index contributed by atoms with van der Waals surface area (Å²) in [6.45, 7) is 1.36. The summed E-state index contributed by atoms with van der Waals surface area (Å²) in [5, 5.41) is 12.0. The lowest BCUT2D eigenvalue weighted by molar-refractivity contribution is -0.141. The first-order chi connectivity index (χ1) is 9.86. The molecule has 0 atom stereocenters. The predicted molar refractivity (Wildman–Crippen MR) is 68.7 cm³/mol. The highest BCUT2D eigenvalue weighted by molar-refractivity contribution is 5.65. The monoisotopic (exact) mass is 303 g/mol. The van der Waals surface area contributed by atoms with Crippen LogP contribution in [0.2, 0.25) is 0 Å². The van der Waals surface area contributed by atoms with Gasteiger partial charge < -0.3 is 15.3 Å². The number of rotatable bonds is 3. The molecule has 116 valence electrons. The lowest BCUT2D eigenvalue weighted by atomic mass is 10.1. The van der Waals surface area contributed by atoms with E-state index in [0.717, 1.165) is 6.07 Å². The van der Waals surface area contributed by atoms with Crippen LogP contribution in [-0.2, 0) is 12.7 Å². The molecule has 1 aromatic rings. The molecule has 0 spiro atoms. The van der Waals surface area contributed by atoms with Gasteiger partial charge in [-0.3, -0.25) is 4.98 Å². The minimum absolute atomic E-state index is 0.169. The molecule has 8 heteroatoms. The van der Waals surface area contributed by atoms with E-state index in [-0.39, 0.29) is 6.04 Å². The van der Waals surface area contributed by atoms with Gasteiger partial charge in [-0.1, -0.05) is 6.07 Å². The predicted octanol–water partition coefficient (Wildman–Crippen LogP) is 2.33. The van der Waals surface area contributed by atoms with Crippen LogP contribution in [0.5, 0.6) is 0 Å². The van der Waals surface area contributed by atoms with E-state index < -0.39 is 18.0 Å². The van der Waals surface area contributed by atoms with Crippen LogP contribution in [0.15, 0.2) is 18.3 Å². The number of nitrogens with one attached hydrogen (secondary N) is 1. The first kappa shape index (κ1) is 15.6. The number of hydrogen-bond acceptors (Lipinski definition) is 3. The number of piperidine rings is 1.